The van der Waals surface area contributed by atoms with E-state index in [2.05, 4.69) is 19.2 Å². The maximum Gasteiger partial charge on any atom is 0.251 e. The Balaban J connectivity index is 1.78. The average molecular weight is 263 g/mol. The minimum Gasteiger partial charge on any atom is -0.352 e. The first-order valence-electron chi connectivity index (χ1n) is 6.78. The standard InChI is InChI=1S/C15H21NO3/c1-11(2)12-3-5-13(6-4-12)15(17)16-8-7-14-18-9-10-19-14/h3-6,11,14H,7-10H2,1-2H3,(H,16,17). The smallest absolute Gasteiger partial charge is 0.251 e. The quantitative estimate of drug-likeness (QED) is 0.886. The molecule has 1 amide bonds. The molecule has 1 fully saturated rings. The number of carbonyl (C=O) groups excluding carboxylic acids is 1. The van der Waals surface area contributed by atoms with E-state index in [1.807, 2.05) is 24.3 Å². The predicted octanol–water partition coefficient (Wildman–Crippen LogP) is 2.30. The van der Waals surface area contributed by atoms with Crippen molar-refractivity contribution in [2.75, 3.05) is 19.8 Å². The molecule has 0 atom stereocenters. The van der Waals surface area contributed by atoms with E-state index in [0.717, 1.165) is 0 Å². The Hall–Kier alpha value is -1.39. The fourth-order valence-corrected chi connectivity index (χ4v) is 2.00. The molecule has 0 saturated carbocycles. The Bertz CT molecular complexity index is 408. The molecular formula is C15H21NO3. The van der Waals surface area contributed by atoms with Crippen molar-refractivity contribution in [2.24, 2.45) is 0 Å². The minimum atomic E-state index is -0.163. The van der Waals surface area contributed by atoms with Crippen LogP contribution >= 0.6 is 0 Å². The first-order valence-corrected chi connectivity index (χ1v) is 6.78. The summed E-state index contributed by atoms with van der Waals surface area (Å²) in [5, 5.41) is 2.88. The molecule has 4 nitrogen and oxygen atoms in total. The van der Waals surface area contributed by atoms with Crippen LogP contribution in [0.1, 0.15) is 42.1 Å². The zero-order valence-electron chi connectivity index (χ0n) is 11.5. The van der Waals surface area contributed by atoms with Crippen molar-refractivity contribution in [1.29, 1.82) is 0 Å². The normalized spacial score (nSPS) is 15.9. The van der Waals surface area contributed by atoms with Crippen molar-refractivity contribution in [3.05, 3.63) is 35.4 Å². The molecule has 0 aliphatic carbocycles. The van der Waals surface area contributed by atoms with Gasteiger partial charge in [0.15, 0.2) is 6.29 Å². The van der Waals surface area contributed by atoms with Gasteiger partial charge in [0.2, 0.25) is 0 Å². The highest BCUT2D eigenvalue weighted by Gasteiger charge is 2.15. The van der Waals surface area contributed by atoms with Gasteiger partial charge in [0, 0.05) is 18.5 Å². The van der Waals surface area contributed by atoms with Crippen molar-refractivity contribution < 1.29 is 14.3 Å². The summed E-state index contributed by atoms with van der Waals surface area (Å²) in [6, 6.07) is 7.74. The Labute approximate surface area is 114 Å². The maximum atomic E-state index is 11.9. The average Bonchev–Trinajstić information content (AvgIpc) is 2.92. The van der Waals surface area contributed by atoms with Crippen molar-refractivity contribution in [2.45, 2.75) is 32.5 Å². The van der Waals surface area contributed by atoms with Gasteiger partial charge >= 0.3 is 0 Å². The van der Waals surface area contributed by atoms with Gasteiger partial charge in [-0.3, -0.25) is 4.79 Å². The lowest BCUT2D eigenvalue weighted by molar-refractivity contribution is -0.0455. The molecule has 0 aromatic heterocycles. The monoisotopic (exact) mass is 263 g/mol. The highest BCUT2D eigenvalue weighted by atomic mass is 16.7. The molecule has 1 N–H and O–H groups in total. The van der Waals surface area contributed by atoms with Gasteiger partial charge in [-0.15, -0.1) is 0 Å². The molecule has 1 aliphatic heterocycles. The first-order chi connectivity index (χ1) is 9.16. The van der Waals surface area contributed by atoms with Crippen LogP contribution in [0.15, 0.2) is 24.3 Å². The highest BCUT2D eigenvalue weighted by Crippen LogP contribution is 2.14. The van der Waals surface area contributed by atoms with E-state index in [1.165, 1.54) is 5.56 Å². The summed E-state index contributed by atoms with van der Waals surface area (Å²) in [5.41, 5.74) is 1.93. The number of rotatable bonds is 5. The summed E-state index contributed by atoms with van der Waals surface area (Å²) in [4.78, 5) is 11.9. The maximum absolute atomic E-state index is 11.9. The van der Waals surface area contributed by atoms with Crippen LogP contribution in [0.4, 0.5) is 0 Å². The van der Waals surface area contributed by atoms with Crippen LogP contribution in [0.3, 0.4) is 0 Å². The number of nitrogens with one attached hydrogen (secondary N) is 1. The molecule has 104 valence electrons. The molecule has 0 radical (unpaired) electrons. The molecule has 1 aliphatic rings. The molecule has 1 heterocycles. The molecule has 1 aromatic carbocycles. The van der Waals surface area contributed by atoms with E-state index >= 15 is 0 Å². The van der Waals surface area contributed by atoms with E-state index in [-0.39, 0.29) is 12.2 Å². The van der Waals surface area contributed by atoms with Gasteiger partial charge in [0.05, 0.1) is 13.2 Å². The Morgan fingerprint density at radius 2 is 1.89 bits per heavy atom. The van der Waals surface area contributed by atoms with E-state index < -0.39 is 0 Å². The summed E-state index contributed by atoms with van der Waals surface area (Å²) < 4.78 is 10.6. The van der Waals surface area contributed by atoms with E-state index in [0.29, 0.717) is 37.7 Å². The SMILES string of the molecule is CC(C)c1ccc(C(=O)NCCC2OCCO2)cc1. The molecule has 1 saturated heterocycles. The summed E-state index contributed by atoms with van der Waals surface area (Å²) in [7, 11) is 0. The molecule has 19 heavy (non-hydrogen) atoms. The Morgan fingerprint density at radius 1 is 1.26 bits per heavy atom. The second kappa shape index (κ2) is 6.68. The lowest BCUT2D eigenvalue weighted by Gasteiger charge is -2.10. The topological polar surface area (TPSA) is 47.6 Å². The van der Waals surface area contributed by atoms with Gasteiger partial charge in [-0.2, -0.15) is 0 Å². The second-order valence-electron chi connectivity index (χ2n) is 4.99. The Morgan fingerprint density at radius 3 is 2.47 bits per heavy atom. The van der Waals surface area contributed by atoms with Crippen molar-refractivity contribution in [3.8, 4) is 0 Å². The predicted molar refractivity (Wildman–Crippen MR) is 73.2 cm³/mol. The lowest BCUT2D eigenvalue weighted by Crippen LogP contribution is -2.27. The molecule has 0 spiro atoms. The molecular weight excluding hydrogens is 242 g/mol. The first kappa shape index (κ1) is 14.0. The van der Waals surface area contributed by atoms with Gasteiger partial charge in [-0.05, 0) is 23.6 Å². The van der Waals surface area contributed by atoms with Crippen molar-refractivity contribution >= 4 is 5.91 Å². The van der Waals surface area contributed by atoms with Crippen LogP contribution in [0.25, 0.3) is 0 Å². The zero-order valence-corrected chi connectivity index (χ0v) is 11.5. The Kier molecular flexibility index (Phi) is 4.93. The van der Waals surface area contributed by atoms with Crippen LogP contribution in [0.2, 0.25) is 0 Å². The van der Waals surface area contributed by atoms with Crippen molar-refractivity contribution in [1.82, 2.24) is 5.32 Å². The summed E-state index contributed by atoms with van der Waals surface area (Å²) in [5.74, 6) is 0.432. The van der Waals surface area contributed by atoms with Crippen LogP contribution < -0.4 is 5.32 Å². The molecule has 1 aromatic rings. The third-order valence-electron chi connectivity index (χ3n) is 3.20. The molecule has 4 heteroatoms. The summed E-state index contributed by atoms with van der Waals surface area (Å²) >= 11 is 0. The minimum absolute atomic E-state index is 0.0479. The van der Waals surface area contributed by atoms with Crippen molar-refractivity contribution in [3.63, 3.8) is 0 Å². The van der Waals surface area contributed by atoms with Crippen LogP contribution in [0, 0.1) is 0 Å². The molecule has 2 rings (SSSR count). The van der Waals surface area contributed by atoms with Gasteiger partial charge < -0.3 is 14.8 Å². The number of benzene rings is 1. The van der Waals surface area contributed by atoms with Crippen LogP contribution in [0.5, 0.6) is 0 Å². The fourth-order valence-electron chi connectivity index (χ4n) is 2.00. The number of hydrogen-bond donors (Lipinski definition) is 1. The summed E-state index contributed by atoms with van der Waals surface area (Å²) in [6.07, 6.45) is 0.527. The number of ether oxygens (including phenoxy) is 2. The van der Waals surface area contributed by atoms with Crippen LogP contribution in [-0.4, -0.2) is 32.0 Å². The summed E-state index contributed by atoms with van der Waals surface area (Å²) in [6.45, 7) is 6.13. The van der Waals surface area contributed by atoms with Gasteiger partial charge in [-0.1, -0.05) is 26.0 Å². The highest BCUT2D eigenvalue weighted by molar-refractivity contribution is 5.94. The second-order valence-corrected chi connectivity index (χ2v) is 4.99. The van der Waals surface area contributed by atoms with Crippen LogP contribution in [-0.2, 0) is 9.47 Å². The number of carbonyl (C=O) groups is 1. The lowest BCUT2D eigenvalue weighted by atomic mass is 10.0. The van der Waals surface area contributed by atoms with E-state index in [1.54, 1.807) is 0 Å². The van der Waals surface area contributed by atoms with E-state index in [9.17, 15) is 4.79 Å². The fraction of sp³-hybridized carbons (Fsp3) is 0.533. The van der Waals surface area contributed by atoms with Gasteiger partial charge in [0.1, 0.15) is 0 Å². The van der Waals surface area contributed by atoms with Gasteiger partial charge in [0.25, 0.3) is 5.91 Å². The zero-order chi connectivity index (χ0) is 13.7. The molecule has 0 unspecified atom stereocenters. The van der Waals surface area contributed by atoms with E-state index in [4.69, 9.17) is 9.47 Å². The molecule has 0 bridgehead atoms. The third-order valence-corrected chi connectivity index (χ3v) is 3.20. The number of hydrogen-bond acceptors (Lipinski definition) is 3. The largest absolute Gasteiger partial charge is 0.352 e. The van der Waals surface area contributed by atoms with Gasteiger partial charge in [-0.25, -0.2) is 0 Å². The third kappa shape index (κ3) is 4.04. The number of amides is 1.